The summed E-state index contributed by atoms with van der Waals surface area (Å²) in [5.74, 6) is 0.108. The predicted molar refractivity (Wildman–Crippen MR) is 58.8 cm³/mol. The number of hydrogen-bond acceptors (Lipinski definition) is 2. The van der Waals surface area contributed by atoms with Gasteiger partial charge in [0.2, 0.25) is 0 Å². The molecule has 1 aliphatic heterocycles. The fourth-order valence-electron chi connectivity index (χ4n) is 2.09. The third-order valence-corrected chi connectivity index (χ3v) is 2.90. The van der Waals surface area contributed by atoms with Crippen molar-refractivity contribution in [1.82, 2.24) is 15.2 Å². The maximum absolute atomic E-state index is 12.1. The van der Waals surface area contributed by atoms with Gasteiger partial charge in [0.15, 0.2) is 0 Å². The topological polar surface area (TPSA) is 48.1 Å². The minimum absolute atomic E-state index is 0.108. The Balaban J connectivity index is 2.09. The Labute approximate surface area is 89.7 Å². The molecule has 2 N–H and O–H groups in total. The molecule has 0 aliphatic carbocycles. The van der Waals surface area contributed by atoms with Crippen LogP contribution in [0.15, 0.2) is 18.3 Å². The van der Waals surface area contributed by atoms with Crippen LogP contribution in [-0.4, -0.2) is 41.5 Å². The lowest BCUT2D eigenvalue weighted by Crippen LogP contribution is -2.41. The number of nitrogens with one attached hydrogen (secondary N) is 2. The summed E-state index contributed by atoms with van der Waals surface area (Å²) in [6.07, 6.45) is 2.84. The zero-order valence-corrected chi connectivity index (χ0v) is 8.99. The minimum Gasteiger partial charge on any atom is -0.357 e. The molecular weight excluding hydrogens is 190 g/mol. The molecule has 2 heterocycles. The molecular formula is C11H17N3O. The van der Waals surface area contributed by atoms with Crippen molar-refractivity contribution in [1.29, 1.82) is 0 Å². The van der Waals surface area contributed by atoms with E-state index in [1.165, 1.54) is 0 Å². The Morgan fingerprint density at radius 1 is 1.67 bits per heavy atom. The number of carbonyl (C=O) groups is 1. The van der Waals surface area contributed by atoms with E-state index in [2.05, 4.69) is 10.3 Å². The molecule has 0 bridgehead atoms. The van der Waals surface area contributed by atoms with E-state index in [4.69, 9.17) is 0 Å². The van der Waals surface area contributed by atoms with E-state index in [9.17, 15) is 4.79 Å². The van der Waals surface area contributed by atoms with Crippen molar-refractivity contribution >= 4 is 5.91 Å². The summed E-state index contributed by atoms with van der Waals surface area (Å²) in [6, 6.07) is 4.03. The molecule has 0 spiro atoms. The number of nitrogens with zero attached hydrogens (tertiary/aromatic N) is 1. The predicted octanol–water partition coefficient (Wildman–Crippen LogP) is 0.839. The Hall–Kier alpha value is -1.29. The Morgan fingerprint density at radius 2 is 2.53 bits per heavy atom. The van der Waals surface area contributed by atoms with Crippen LogP contribution in [0, 0.1) is 0 Å². The summed E-state index contributed by atoms with van der Waals surface area (Å²) in [4.78, 5) is 17.0. The van der Waals surface area contributed by atoms with Crippen molar-refractivity contribution in [2.45, 2.75) is 19.4 Å². The fraction of sp³-hybridized carbons (Fsp3) is 0.545. The first-order valence-corrected chi connectivity index (χ1v) is 5.48. The Bertz CT molecular complexity index is 315. The van der Waals surface area contributed by atoms with Gasteiger partial charge in [-0.25, -0.2) is 0 Å². The fourth-order valence-corrected chi connectivity index (χ4v) is 2.09. The largest absolute Gasteiger partial charge is 0.357 e. The molecule has 0 aromatic carbocycles. The van der Waals surface area contributed by atoms with E-state index in [-0.39, 0.29) is 5.91 Å². The van der Waals surface area contributed by atoms with Gasteiger partial charge in [-0.2, -0.15) is 0 Å². The van der Waals surface area contributed by atoms with Gasteiger partial charge in [0, 0.05) is 25.3 Å². The maximum atomic E-state index is 12.1. The molecule has 1 amide bonds. The normalized spacial score (nSPS) is 20.5. The van der Waals surface area contributed by atoms with E-state index < -0.39 is 0 Å². The third-order valence-electron chi connectivity index (χ3n) is 2.90. The zero-order chi connectivity index (χ0) is 10.7. The summed E-state index contributed by atoms with van der Waals surface area (Å²) in [6.45, 7) is 4.73. The number of aromatic nitrogens is 1. The molecule has 1 aromatic heterocycles. The second-order valence-electron chi connectivity index (χ2n) is 3.82. The first-order valence-electron chi connectivity index (χ1n) is 5.48. The van der Waals surface area contributed by atoms with Crippen LogP contribution in [0.1, 0.15) is 23.8 Å². The molecule has 1 atom stereocenters. The molecule has 1 fully saturated rings. The average Bonchev–Trinajstić information content (AvgIpc) is 2.91. The van der Waals surface area contributed by atoms with Crippen molar-refractivity contribution in [2.24, 2.45) is 0 Å². The number of likely N-dealkylation sites (N-methyl/N-ethyl adjacent to an activating group) is 1. The van der Waals surface area contributed by atoms with Crippen LogP contribution < -0.4 is 5.32 Å². The van der Waals surface area contributed by atoms with Gasteiger partial charge < -0.3 is 15.2 Å². The van der Waals surface area contributed by atoms with Crippen LogP contribution in [0.3, 0.4) is 0 Å². The van der Waals surface area contributed by atoms with E-state index in [1.807, 2.05) is 24.0 Å². The summed E-state index contributed by atoms with van der Waals surface area (Å²) in [7, 11) is 0. The first kappa shape index (κ1) is 10.2. The lowest BCUT2D eigenvalue weighted by molar-refractivity contribution is 0.0698. The van der Waals surface area contributed by atoms with E-state index in [1.54, 1.807) is 6.20 Å². The number of amides is 1. The van der Waals surface area contributed by atoms with Crippen LogP contribution in [-0.2, 0) is 0 Å². The van der Waals surface area contributed by atoms with Gasteiger partial charge in [-0.15, -0.1) is 0 Å². The standard InChI is InChI=1S/C11H17N3O/c1-2-14(9-5-7-12-8-9)11(15)10-4-3-6-13-10/h3-4,6,9,12-13H,2,5,7-8H2,1H3. The van der Waals surface area contributed by atoms with Crippen LogP contribution in [0.5, 0.6) is 0 Å². The summed E-state index contributed by atoms with van der Waals surface area (Å²) in [5, 5.41) is 3.28. The highest BCUT2D eigenvalue weighted by Crippen LogP contribution is 2.11. The smallest absolute Gasteiger partial charge is 0.270 e. The lowest BCUT2D eigenvalue weighted by atomic mass is 10.2. The summed E-state index contributed by atoms with van der Waals surface area (Å²) in [5.41, 5.74) is 0.684. The molecule has 2 rings (SSSR count). The maximum Gasteiger partial charge on any atom is 0.270 e. The highest BCUT2D eigenvalue weighted by molar-refractivity contribution is 5.92. The second-order valence-corrected chi connectivity index (χ2v) is 3.82. The highest BCUT2D eigenvalue weighted by Gasteiger charge is 2.26. The second kappa shape index (κ2) is 4.49. The van der Waals surface area contributed by atoms with Crippen molar-refractivity contribution in [3.63, 3.8) is 0 Å². The molecule has 15 heavy (non-hydrogen) atoms. The van der Waals surface area contributed by atoms with Gasteiger partial charge in [-0.05, 0) is 32.0 Å². The molecule has 1 saturated heterocycles. The number of rotatable bonds is 3. The van der Waals surface area contributed by atoms with E-state index >= 15 is 0 Å². The van der Waals surface area contributed by atoms with Crippen LogP contribution in [0.4, 0.5) is 0 Å². The molecule has 82 valence electrons. The van der Waals surface area contributed by atoms with Crippen LogP contribution >= 0.6 is 0 Å². The van der Waals surface area contributed by atoms with Gasteiger partial charge in [0.05, 0.1) is 0 Å². The van der Waals surface area contributed by atoms with Crippen molar-refractivity contribution < 1.29 is 4.79 Å². The number of aromatic amines is 1. The first-order chi connectivity index (χ1) is 7.33. The molecule has 1 unspecified atom stereocenters. The molecule has 0 saturated carbocycles. The van der Waals surface area contributed by atoms with Crippen molar-refractivity contribution in [2.75, 3.05) is 19.6 Å². The van der Waals surface area contributed by atoms with Gasteiger partial charge >= 0.3 is 0 Å². The number of hydrogen-bond donors (Lipinski definition) is 2. The number of H-pyrrole nitrogens is 1. The molecule has 1 aromatic rings. The van der Waals surface area contributed by atoms with Gasteiger partial charge in [-0.3, -0.25) is 4.79 Å². The Kier molecular flexibility index (Phi) is 3.06. The summed E-state index contributed by atoms with van der Waals surface area (Å²) >= 11 is 0. The van der Waals surface area contributed by atoms with Gasteiger partial charge in [-0.1, -0.05) is 0 Å². The highest BCUT2D eigenvalue weighted by atomic mass is 16.2. The van der Waals surface area contributed by atoms with E-state index in [0.717, 1.165) is 26.1 Å². The molecule has 4 nitrogen and oxygen atoms in total. The SMILES string of the molecule is CCN(C(=O)c1ccc[nH]1)C1CCNC1. The van der Waals surface area contributed by atoms with Gasteiger partial charge in [0.1, 0.15) is 5.69 Å². The summed E-state index contributed by atoms with van der Waals surface area (Å²) < 4.78 is 0. The van der Waals surface area contributed by atoms with Crippen LogP contribution in [0.2, 0.25) is 0 Å². The average molecular weight is 207 g/mol. The van der Waals surface area contributed by atoms with Gasteiger partial charge in [0.25, 0.3) is 5.91 Å². The molecule has 4 heteroatoms. The Morgan fingerprint density at radius 3 is 3.07 bits per heavy atom. The van der Waals surface area contributed by atoms with Crippen LogP contribution in [0.25, 0.3) is 0 Å². The number of carbonyl (C=O) groups excluding carboxylic acids is 1. The minimum atomic E-state index is 0.108. The molecule has 0 radical (unpaired) electrons. The monoisotopic (exact) mass is 207 g/mol. The van der Waals surface area contributed by atoms with Crippen molar-refractivity contribution in [3.8, 4) is 0 Å². The quantitative estimate of drug-likeness (QED) is 0.771. The lowest BCUT2D eigenvalue weighted by Gasteiger charge is -2.26. The zero-order valence-electron chi connectivity index (χ0n) is 8.99. The molecule has 1 aliphatic rings. The van der Waals surface area contributed by atoms with Crippen molar-refractivity contribution in [3.05, 3.63) is 24.0 Å². The van der Waals surface area contributed by atoms with E-state index in [0.29, 0.717) is 11.7 Å². The third kappa shape index (κ3) is 2.04.